The molecule has 2 atom stereocenters. The minimum atomic E-state index is -0.316. The van der Waals surface area contributed by atoms with Crippen LogP contribution in [-0.4, -0.2) is 15.6 Å². The fraction of sp³-hybridized carbons (Fsp3) is 0.611. The van der Waals surface area contributed by atoms with Crippen molar-refractivity contribution in [1.29, 1.82) is 5.26 Å². The van der Waals surface area contributed by atoms with Crippen LogP contribution in [0.3, 0.4) is 0 Å². The third-order valence-electron chi connectivity index (χ3n) is 6.27. The molecule has 1 aromatic rings. The molecule has 0 N–H and O–H groups in total. The first kappa shape index (κ1) is 13.8. The van der Waals surface area contributed by atoms with E-state index in [1.165, 1.54) is 5.56 Å². The van der Waals surface area contributed by atoms with Crippen molar-refractivity contribution in [3.8, 4) is 6.07 Å². The average molecular weight is 295 g/mol. The van der Waals surface area contributed by atoms with E-state index in [1.807, 2.05) is 17.8 Å². The summed E-state index contributed by atoms with van der Waals surface area (Å²) in [6.07, 6.45) is 10.1. The second-order valence-corrected chi connectivity index (χ2v) is 7.41. The number of aromatic nitrogens is 2. The van der Waals surface area contributed by atoms with E-state index in [9.17, 15) is 10.1 Å². The molecule has 0 unspecified atom stereocenters. The zero-order valence-corrected chi connectivity index (χ0v) is 13.2. The number of nitriles is 1. The van der Waals surface area contributed by atoms with Crippen LogP contribution in [0.25, 0.3) is 0 Å². The lowest BCUT2D eigenvalue weighted by Crippen LogP contribution is -2.52. The molecular weight excluding hydrogens is 274 g/mol. The van der Waals surface area contributed by atoms with Crippen molar-refractivity contribution in [2.75, 3.05) is 0 Å². The Morgan fingerprint density at radius 3 is 2.82 bits per heavy atom. The van der Waals surface area contributed by atoms with Crippen molar-refractivity contribution >= 4 is 5.78 Å². The summed E-state index contributed by atoms with van der Waals surface area (Å²) >= 11 is 0. The van der Waals surface area contributed by atoms with Crippen molar-refractivity contribution in [2.45, 2.75) is 50.9 Å². The topological polar surface area (TPSA) is 58.7 Å². The Labute approximate surface area is 130 Å². The van der Waals surface area contributed by atoms with E-state index in [2.05, 4.69) is 19.2 Å². The number of carbonyl (C=O) groups excluding carboxylic acids is 1. The van der Waals surface area contributed by atoms with E-state index < -0.39 is 0 Å². The fourth-order valence-corrected chi connectivity index (χ4v) is 5.41. The molecule has 1 heterocycles. The largest absolute Gasteiger partial charge is 0.293 e. The second-order valence-electron chi connectivity index (χ2n) is 7.41. The third kappa shape index (κ3) is 1.52. The maximum atomic E-state index is 13.0. The summed E-state index contributed by atoms with van der Waals surface area (Å²) in [5.74, 6) is 0.392. The number of nitrogens with zero attached hydrogens (tertiary/aromatic N) is 3. The molecule has 4 heteroatoms. The average Bonchev–Trinajstić information content (AvgIpc) is 3.11. The van der Waals surface area contributed by atoms with Gasteiger partial charge in [-0.2, -0.15) is 10.4 Å². The number of carbonyl (C=O) groups is 1. The van der Waals surface area contributed by atoms with E-state index in [0.29, 0.717) is 5.57 Å². The molecule has 4 rings (SSSR count). The van der Waals surface area contributed by atoms with Crippen LogP contribution in [0.15, 0.2) is 17.8 Å². The van der Waals surface area contributed by atoms with Gasteiger partial charge in [0.05, 0.1) is 11.3 Å². The van der Waals surface area contributed by atoms with E-state index in [-0.39, 0.29) is 22.5 Å². The maximum absolute atomic E-state index is 13.0. The van der Waals surface area contributed by atoms with Gasteiger partial charge in [-0.25, -0.2) is 0 Å². The van der Waals surface area contributed by atoms with Gasteiger partial charge in [0, 0.05) is 24.1 Å². The van der Waals surface area contributed by atoms with Crippen LogP contribution >= 0.6 is 0 Å². The lowest BCUT2D eigenvalue weighted by molar-refractivity contribution is -0.130. The van der Waals surface area contributed by atoms with Gasteiger partial charge in [0.15, 0.2) is 5.78 Å². The first-order chi connectivity index (χ1) is 10.5. The van der Waals surface area contributed by atoms with Crippen molar-refractivity contribution in [3.63, 3.8) is 0 Å². The maximum Gasteiger partial charge on any atom is 0.179 e. The molecule has 0 aliphatic heterocycles. The summed E-state index contributed by atoms with van der Waals surface area (Å²) in [5, 5.41) is 14.2. The molecular formula is C18H21N3O. The van der Waals surface area contributed by atoms with Gasteiger partial charge in [-0.05, 0) is 37.2 Å². The first-order valence-electron chi connectivity index (χ1n) is 8.22. The molecule has 0 bridgehead atoms. The molecule has 1 aromatic heterocycles. The van der Waals surface area contributed by atoms with Gasteiger partial charge in [0.25, 0.3) is 0 Å². The van der Waals surface area contributed by atoms with Crippen molar-refractivity contribution in [2.24, 2.45) is 18.4 Å². The van der Waals surface area contributed by atoms with Gasteiger partial charge in [-0.3, -0.25) is 9.48 Å². The molecule has 4 nitrogen and oxygen atoms in total. The summed E-state index contributed by atoms with van der Waals surface area (Å²) in [7, 11) is 1.95. The standard InChI is InChI=1S/C18H21N3O/c1-17-9-13(10-19)16(22)18(7-3-4-8-18)14(17)6-5-12-11-21(2)20-15(12)17/h9,11,14H,3-8H2,1-2H3/t14-,17+/m1/s1. The number of rotatable bonds is 0. The van der Waals surface area contributed by atoms with Gasteiger partial charge in [-0.15, -0.1) is 0 Å². The quantitative estimate of drug-likeness (QED) is 0.739. The molecule has 22 heavy (non-hydrogen) atoms. The number of Topliss-reactive ketones (excluding diaryl/α,β-unsaturated/α-hetero) is 1. The lowest BCUT2D eigenvalue weighted by atomic mass is 9.50. The highest BCUT2D eigenvalue weighted by Crippen LogP contribution is 2.60. The van der Waals surface area contributed by atoms with Crippen LogP contribution in [0.4, 0.5) is 0 Å². The Morgan fingerprint density at radius 1 is 1.41 bits per heavy atom. The van der Waals surface area contributed by atoms with Crippen molar-refractivity contribution in [3.05, 3.63) is 29.1 Å². The number of aryl methyl sites for hydroxylation is 2. The Morgan fingerprint density at radius 2 is 2.14 bits per heavy atom. The SMILES string of the molecule is Cn1cc2c(n1)[C@@]1(C)C=C(C#N)C(=O)C3(CCCC3)[C@@H]1CC2. The van der Waals surface area contributed by atoms with Crippen LogP contribution in [0.1, 0.15) is 50.3 Å². The van der Waals surface area contributed by atoms with Gasteiger partial charge >= 0.3 is 0 Å². The highest BCUT2D eigenvalue weighted by Gasteiger charge is 2.59. The second kappa shape index (κ2) is 4.32. The van der Waals surface area contributed by atoms with Gasteiger partial charge in [0.2, 0.25) is 0 Å². The predicted molar refractivity (Wildman–Crippen MR) is 82.0 cm³/mol. The predicted octanol–water partition coefficient (Wildman–Crippen LogP) is 2.83. The van der Waals surface area contributed by atoms with Gasteiger partial charge in [0.1, 0.15) is 6.07 Å². The molecule has 0 radical (unpaired) electrons. The Kier molecular flexibility index (Phi) is 2.70. The first-order valence-corrected chi connectivity index (χ1v) is 8.22. The normalized spacial score (nSPS) is 32.3. The molecule has 1 fully saturated rings. The summed E-state index contributed by atoms with van der Waals surface area (Å²) in [6.45, 7) is 2.19. The summed E-state index contributed by atoms with van der Waals surface area (Å²) in [4.78, 5) is 13.0. The number of hydrogen-bond donors (Lipinski definition) is 0. The minimum absolute atomic E-state index is 0.106. The highest BCUT2D eigenvalue weighted by molar-refractivity contribution is 6.05. The zero-order chi connectivity index (χ0) is 15.5. The Hall–Kier alpha value is -1.89. The number of allylic oxidation sites excluding steroid dienone is 2. The molecule has 0 amide bonds. The van der Waals surface area contributed by atoms with Crippen LogP contribution in [0.2, 0.25) is 0 Å². The van der Waals surface area contributed by atoms with Crippen LogP contribution < -0.4 is 0 Å². The van der Waals surface area contributed by atoms with E-state index in [4.69, 9.17) is 5.10 Å². The number of ketones is 1. The molecule has 3 aliphatic rings. The van der Waals surface area contributed by atoms with Crippen LogP contribution in [0, 0.1) is 22.7 Å². The van der Waals surface area contributed by atoms with E-state index in [1.54, 1.807) is 0 Å². The molecule has 0 saturated heterocycles. The highest BCUT2D eigenvalue weighted by atomic mass is 16.1. The molecule has 1 saturated carbocycles. The van der Waals surface area contributed by atoms with E-state index in [0.717, 1.165) is 44.2 Å². The van der Waals surface area contributed by atoms with E-state index >= 15 is 0 Å². The molecule has 3 aliphatic carbocycles. The van der Waals surface area contributed by atoms with Crippen LogP contribution in [0.5, 0.6) is 0 Å². The zero-order valence-electron chi connectivity index (χ0n) is 13.2. The summed E-state index contributed by atoms with van der Waals surface area (Å²) in [5.41, 5.74) is 2.12. The smallest absolute Gasteiger partial charge is 0.179 e. The molecule has 1 spiro atoms. The number of fused-ring (bicyclic) bond motifs is 4. The Balaban J connectivity index is 1.97. The Bertz CT molecular complexity index is 730. The minimum Gasteiger partial charge on any atom is -0.293 e. The summed E-state index contributed by atoms with van der Waals surface area (Å²) < 4.78 is 1.87. The number of hydrogen-bond acceptors (Lipinski definition) is 3. The van der Waals surface area contributed by atoms with Gasteiger partial charge in [-0.1, -0.05) is 25.8 Å². The lowest BCUT2D eigenvalue weighted by Gasteiger charge is -2.50. The molecule has 114 valence electrons. The van der Waals surface area contributed by atoms with Crippen molar-refractivity contribution in [1.82, 2.24) is 9.78 Å². The molecule has 0 aromatic carbocycles. The van der Waals surface area contributed by atoms with Crippen LogP contribution in [-0.2, 0) is 23.7 Å². The van der Waals surface area contributed by atoms with Gasteiger partial charge < -0.3 is 0 Å². The summed E-state index contributed by atoms with van der Waals surface area (Å²) in [6, 6.07) is 2.18. The fourth-order valence-electron chi connectivity index (χ4n) is 5.41. The monoisotopic (exact) mass is 295 g/mol. The van der Waals surface area contributed by atoms with Crippen molar-refractivity contribution < 1.29 is 4.79 Å². The third-order valence-corrected chi connectivity index (χ3v) is 6.27.